The third-order valence-electron chi connectivity index (χ3n) is 2.09. The van der Waals surface area contributed by atoms with E-state index in [2.05, 4.69) is 10.3 Å². The van der Waals surface area contributed by atoms with Crippen LogP contribution in [0, 0.1) is 0 Å². The number of fused-ring (bicyclic) bond motifs is 1. The smallest absolute Gasteiger partial charge is 0.265 e. The van der Waals surface area contributed by atoms with E-state index in [1.54, 1.807) is 25.1 Å². The Kier molecular flexibility index (Phi) is 2.23. The van der Waals surface area contributed by atoms with Gasteiger partial charge in [0.25, 0.3) is 5.91 Å². The molecule has 76 valence electrons. The number of amides is 1. The fourth-order valence-electron chi connectivity index (χ4n) is 1.35. The number of benzene rings is 1. The second-order valence-electron chi connectivity index (χ2n) is 3.10. The van der Waals surface area contributed by atoms with Crippen molar-refractivity contribution in [1.29, 1.82) is 0 Å². The number of carbonyl (C=O) groups excluding carboxylic acids is 2. The van der Waals surface area contributed by atoms with Crippen LogP contribution in [0.4, 0.5) is 11.4 Å². The van der Waals surface area contributed by atoms with Crippen LogP contribution in [0.2, 0.25) is 0 Å². The highest BCUT2D eigenvalue weighted by Crippen LogP contribution is 2.37. The Balaban J connectivity index is 2.52. The summed E-state index contributed by atoms with van der Waals surface area (Å²) in [6.07, 6.45) is 0.894. The minimum absolute atomic E-state index is 0.254. The predicted molar refractivity (Wildman–Crippen MR) is 52.9 cm³/mol. The van der Waals surface area contributed by atoms with Gasteiger partial charge in [-0.1, -0.05) is 6.07 Å². The van der Waals surface area contributed by atoms with Gasteiger partial charge in [0.2, 0.25) is 6.08 Å². The predicted octanol–water partition coefficient (Wildman–Crippen LogP) is 1.37. The van der Waals surface area contributed by atoms with Crippen LogP contribution in [0.15, 0.2) is 23.2 Å². The number of nitrogens with zero attached hydrogens (tertiary/aromatic N) is 1. The summed E-state index contributed by atoms with van der Waals surface area (Å²) in [5.41, 5.74) is 0.770. The van der Waals surface area contributed by atoms with Crippen LogP contribution in [0.25, 0.3) is 0 Å². The molecule has 1 aliphatic heterocycles. The van der Waals surface area contributed by atoms with Crippen molar-refractivity contribution in [3.05, 3.63) is 18.2 Å². The van der Waals surface area contributed by atoms with Crippen LogP contribution in [0.1, 0.15) is 6.92 Å². The van der Waals surface area contributed by atoms with Gasteiger partial charge in [-0.05, 0) is 19.1 Å². The van der Waals surface area contributed by atoms with Crippen molar-refractivity contribution in [3.8, 4) is 5.75 Å². The molecule has 0 fully saturated rings. The summed E-state index contributed by atoms with van der Waals surface area (Å²) in [6, 6.07) is 5.00. The van der Waals surface area contributed by atoms with Gasteiger partial charge in [-0.2, -0.15) is 4.99 Å². The summed E-state index contributed by atoms with van der Waals surface area (Å²) in [5, 5.41) is 2.63. The fraction of sp³-hybridized carbons (Fsp3) is 0.200. The lowest BCUT2D eigenvalue weighted by Crippen LogP contribution is -2.34. The molecule has 0 aromatic heterocycles. The van der Waals surface area contributed by atoms with Gasteiger partial charge in [0.1, 0.15) is 17.1 Å². The number of hydrogen-bond acceptors (Lipinski definition) is 4. The maximum Gasteiger partial charge on any atom is 0.265 e. The van der Waals surface area contributed by atoms with Gasteiger partial charge in [0.05, 0.1) is 0 Å². The van der Waals surface area contributed by atoms with Crippen LogP contribution >= 0.6 is 0 Å². The molecule has 2 rings (SSSR count). The van der Waals surface area contributed by atoms with Gasteiger partial charge in [-0.3, -0.25) is 4.79 Å². The molecule has 0 spiro atoms. The first-order valence-corrected chi connectivity index (χ1v) is 4.41. The number of para-hydroxylation sites is 1. The molecule has 5 nitrogen and oxygen atoms in total. The van der Waals surface area contributed by atoms with Crippen LogP contribution in [-0.4, -0.2) is 18.1 Å². The lowest BCUT2D eigenvalue weighted by Gasteiger charge is -2.23. The first-order valence-electron chi connectivity index (χ1n) is 4.41. The molecule has 1 atom stereocenters. The number of anilines is 1. The van der Waals surface area contributed by atoms with Crippen molar-refractivity contribution in [2.75, 3.05) is 5.32 Å². The van der Waals surface area contributed by atoms with E-state index in [0.717, 1.165) is 0 Å². The van der Waals surface area contributed by atoms with E-state index in [4.69, 9.17) is 4.74 Å². The zero-order valence-corrected chi connectivity index (χ0v) is 7.98. The molecule has 15 heavy (non-hydrogen) atoms. The molecule has 0 aliphatic carbocycles. The summed E-state index contributed by atoms with van der Waals surface area (Å²) < 4.78 is 5.33. The largest absolute Gasteiger partial charge is 0.479 e. The summed E-state index contributed by atoms with van der Waals surface area (Å²) in [7, 11) is 0. The third-order valence-corrected chi connectivity index (χ3v) is 2.09. The van der Waals surface area contributed by atoms with E-state index >= 15 is 0 Å². The molecule has 1 amide bonds. The van der Waals surface area contributed by atoms with Crippen molar-refractivity contribution in [1.82, 2.24) is 0 Å². The molecule has 1 aromatic carbocycles. The maximum atomic E-state index is 11.3. The van der Waals surface area contributed by atoms with E-state index in [1.807, 2.05) is 0 Å². The number of isocyanates is 1. The van der Waals surface area contributed by atoms with Gasteiger partial charge in [0.15, 0.2) is 6.10 Å². The van der Waals surface area contributed by atoms with E-state index in [0.29, 0.717) is 17.1 Å². The number of hydrogen-bond donors (Lipinski definition) is 1. The summed E-state index contributed by atoms with van der Waals surface area (Å²) in [6.45, 7) is 1.65. The van der Waals surface area contributed by atoms with Gasteiger partial charge >= 0.3 is 0 Å². The molecular formula is C10H8N2O3. The van der Waals surface area contributed by atoms with Crippen molar-refractivity contribution < 1.29 is 14.3 Å². The zero-order chi connectivity index (χ0) is 10.8. The average molecular weight is 204 g/mol. The molecule has 0 radical (unpaired) electrons. The third kappa shape index (κ3) is 1.60. The quantitative estimate of drug-likeness (QED) is 0.555. The van der Waals surface area contributed by atoms with Crippen molar-refractivity contribution in [3.63, 3.8) is 0 Å². The molecule has 1 aliphatic rings. The van der Waals surface area contributed by atoms with Crippen molar-refractivity contribution >= 4 is 23.4 Å². The summed E-state index contributed by atoms with van der Waals surface area (Å²) in [4.78, 5) is 25.0. The highest BCUT2D eigenvalue weighted by Gasteiger charge is 2.25. The van der Waals surface area contributed by atoms with E-state index < -0.39 is 6.10 Å². The summed E-state index contributed by atoms with van der Waals surface area (Å²) in [5.74, 6) is 0.259. The molecule has 5 heteroatoms. The lowest BCUT2D eigenvalue weighted by molar-refractivity contribution is -0.122. The zero-order valence-electron chi connectivity index (χ0n) is 7.98. The highest BCUT2D eigenvalue weighted by molar-refractivity contribution is 6.00. The molecule has 1 N–H and O–H groups in total. The number of carbonyl (C=O) groups is 1. The Morgan fingerprint density at radius 3 is 3.07 bits per heavy atom. The molecule has 0 bridgehead atoms. The molecule has 0 saturated carbocycles. The molecular weight excluding hydrogens is 196 g/mol. The second-order valence-corrected chi connectivity index (χ2v) is 3.10. The van der Waals surface area contributed by atoms with Gasteiger partial charge in [0, 0.05) is 0 Å². The van der Waals surface area contributed by atoms with Gasteiger partial charge in [-0.25, -0.2) is 4.79 Å². The minimum atomic E-state index is -0.534. The van der Waals surface area contributed by atoms with Gasteiger partial charge in [-0.15, -0.1) is 0 Å². The standard InChI is InChI=1S/C10H8N2O3/c1-6-10(14)12-9-7(11-5-13)3-2-4-8(9)15-6/h2-4,6H,1H3,(H,12,14). The van der Waals surface area contributed by atoms with Crippen LogP contribution in [0.3, 0.4) is 0 Å². The normalized spacial score (nSPS) is 18.2. The average Bonchev–Trinajstić information content (AvgIpc) is 2.21. The number of ether oxygens (including phenoxy) is 1. The number of nitrogens with one attached hydrogen (secondary N) is 1. The molecule has 0 saturated heterocycles. The lowest BCUT2D eigenvalue weighted by atomic mass is 10.2. The van der Waals surface area contributed by atoms with E-state index in [1.165, 1.54) is 6.08 Å². The maximum absolute atomic E-state index is 11.3. The second kappa shape index (κ2) is 3.55. The fourth-order valence-corrected chi connectivity index (χ4v) is 1.35. The van der Waals surface area contributed by atoms with Gasteiger partial charge < -0.3 is 10.1 Å². The summed E-state index contributed by atoms with van der Waals surface area (Å²) >= 11 is 0. The first kappa shape index (κ1) is 9.43. The Bertz CT molecular complexity index is 464. The first-order chi connectivity index (χ1) is 7.22. The molecule has 1 aromatic rings. The highest BCUT2D eigenvalue weighted by atomic mass is 16.5. The minimum Gasteiger partial charge on any atom is -0.479 e. The molecule has 1 unspecified atom stereocenters. The molecule has 1 heterocycles. The monoisotopic (exact) mass is 204 g/mol. The van der Waals surface area contributed by atoms with E-state index in [9.17, 15) is 9.59 Å². The van der Waals surface area contributed by atoms with E-state index in [-0.39, 0.29) is 5.91 Å². The van der Waals surface area contributed by atoms with Crippen LogP contribution < -0.4 is 10.1 Å². The Labute approximate surface area is 85.8 Å². The van der Waals surface area contributed by atoms with Crippen LogP contribution in [0.5, 0.6) is 5.75 Å². The Morgan fingerprint density at radius 1 is 1.53 bits per heavy atom. The van der Waals surface area contributed by atoms with Crippen molar-refractivity contribution in [2.24, 2.45) is 4.99 Å². The number of aliphatic imine (C=N–C) groups is 1. The van der Waals surface area contributed by atoms with Crippen LogP contribution in [-0.2, 0) is 9.59 Å². The number of rotatable bonds is 1. The SMILES string of the molecule is CC1Oc2cccc(N=C=O)c2NC1=O. The Morgan fingerprint density at radius 2 is 2.33 bits per heavy atom. The Hall–Kier alpha value is -2.13. The topological polar surface area (TPSA) is 67.8 Å². The van der Waals surface area contributed by atoms with Crippen molar-refractivity contribution in [2.45, 2.75) is 13.0 Å².